The normalized spacial score (nSPS) is 16.9. The first kappa shape index (κ1) is 22.2. The molecule has 1 unspecified atom stereocenters. The lowest BCUT2D eigenvalue weighted by atomic mass is 9.99. The Kier molecular flexibility index (Phi) is 7.02. The second kappa shape index (κ2) is 9.51. The summed E-state index contributed by atoms with van der Waals surface area (Å²) in [6.45, 7) is 6.40. The van der Waals surface area contributed by atoms with Crippen molar-refractivity contribution in [3.63, 3.8) is 0 Å². The third-order valence-corrected chi connectivity index (χ3v) is 6.65. The summed E-state index contributed by atoms with van der Waals surface area (Å²) < 4.78 is 25.6. The smallest absolute Gasteiger partial charge is 0.241 e. The summed E-state index contributed by atoms with van der Waals surface area (Å²) in [6.07, 6.45) is 3.62. The fraction of sp³-hybridized carbons (Fsp3) is 0.435. The van der Waals surface area contributed by atoms with Crippen LogP contribution in [0.2, 0.25) is 0 Å². The van der Waals surface area contributed by atoms with Crippen LogP contribution < -0.4 is 14.5 Å². The van der Waals surface area contributed by atoms with E-state index in [0.29, 0.717) is 18.2 Å². The number of rotatable bonds is 7. The Labute approximate surface area is 179 Å². The summed E-state index contributed by atoms with van der Waals surface area (Å²) in [6, 6.07) is 15.4. The highest BCUT2D eigenvalue weighted by Crippen LogP contribution is 2.23. The predicted octanol–water partition coefficient (Wildman–Crippen LogP) is 3.31. The van der Waals surface area contributed by atoms with Gasteiger partial charge in [0.25, 0.3) is 0 Å². The van der Waals surface area contributed by atoms with E-state index in [1.54, 1.807) is 12.1 Å². The molecule has 1 heterocycles. The van der Waals surface area contributed by atoms with Crippen LogP contribution in [0.4, 0.5) is 11.4 Å². The number of benzene rings is 2. The van der Waals surface area contributed by atoms with Gasteiger partial charge in [-0.05, 0) is 55.0 Å². The first-order valence-corrected chi connectivity index (χ1v) is 12.2. The van der Waals surface area contributed by atoms with Crippen LogP contribution >= 0.6 is 0 Å². The molecule has 1 N–H and O–H groups in total. The quantitative estimate of drug-likeness (QED) is 0.733. The molecular formula is C23H31N3O3S. The first-order chi connectivity index (χ1) is 14.2. The predicted molar refractivity (Wildman–Crippen MR) is 122 cm³/mol. The maximum absolute atomic E-state index is 12.5. The second-order valence-corrected chi connectivity index (χ2v) is 10.1. The van der Waals surface area contributed by atoms with Gasteiger partial charge in [0.15, 0.2) is 0 Å². The minimum Gasteiger partial charge on any atom is -0.371 e. The molecule has 0 saturated carbocycles. The van der Waals surface area contributed by atoms with E-state index in [9.17, 15) is 13.2 Å². The largest absolute Gasteiger partial charge is 0.371 e. The zero-order chi connectivity index (χ0) is 21.7. The van der Waals surface area contributed by atoms with Crippen LogP contribution in [0.3, 0.4) is 0 Å². The molecule has 2 aromatic rings. The van der Waals surface area contributed by atoms with Crippen molar-refractivity contribution in [2.75, 3.05) is 35.1 Å². The number of amides is 1. The van der Waals surface area contributed by atoms with E-state index in [-0.39, 0.29) is 12.5 Å². The number of nitrogens with zero attached hydrogens (tertiary/aromatic N) is 2. The van der Waals surface area contributed by atoms with Crippen LogP contribution in [-0.4, -0.2) is 40.2 Å². The van der Waals surface area contributed by atoms with Gasteiger partial charge in [-0.25, -0.2) is 8.42 Å². The summed E-state index contributed by atoms with van der Waals surface area (Å²) in [7, 11) is -3.57. The van der Waals surface area contributed by atoms with Crippen molar-refractivity contribution in [1.82, 2.24) is 5.32 Å². The van der Waals surface area contributed by atoms with Gasteiger partial charge in [0.1, 0.15) is 6.54 Å². The first-order valence-electron chi connectivity index (χ1n) is 10.4. The Morgan fingerprint density at radius 3 is 2.50 bits per heavy atom. The molecule has 1 aliphatic heterocycles. The molecule has 1 fully saturated rings. The van der Waals surface area contributed by atoms with Gasteiger partial charge < -0.3 is 10.2 Å². The van der Waals surface area contributed by atoms with Crippen molar-refractivity contribution in [3.8, 4) is 0 Å². The standard InChI is InChI=1S/C23H31N3O3S/c1-18-7-6-14-25(16-18)21-12-10-20(11-13-21)15-24-23(27)17-26(30(3,28)29)22-9-5-4-8-19(22)2/h4-5,8-13,18H,6-7,14-17H2,1-3H3,(H,24,27). The van der Waals surface area contributed by atoms with Gasteiger partial charge in [0.2, 0.25) is 15.9 Å². The fourth-order valence-corrected chi connectivity index (χ4v) is 4.77. The SMILES string of the molecule is Cc1ccccc1N(CC(=O)NCc1ccc(N2CCCC(C)C2)cc1)S(C)(=O)=O. The van der Waals surface area contributed by atoms with E-state index in [2.05, 4.69) is 29.3 Å². The van der Waals surface area contributed by atoms with Crippen LogP contribution in [0.25, 0.3) is 0 Å². The van der Waals surface area contributed by atoms with Crippen molar-refractivity contribution in [2.45, 2.75) is 33.2 Å². The molecule has 0 radical (unpaired) electrons. The minimum atomic E-state index is -3.57. The Hall–Kier alpha value is -2.54. The van der Waals surface area contributed by atoms with Gasteiger partial charge in [0.05, 0.1) is 11.9 Å². The molecule has 0 spiro atoms. The number of aryl methyl sites for hydroxylation is 1. The highest BCUT2D eigenvalue weighted by molar-refractivity contribution is 7.92. The number of carbonyl (C=O) groups excluding carboxylic acids is 1. The molecular weight excluding hydrogens is 398 g/mol. The molecule has 0 bridgehead atoms. The summed E-state index contributed by atoms with van der Waals surface area (Å²) in [5, 5.41) is 2.84. The van der Waals surface area contributed by atoms with E-state index < -0.39 is 10.0 Å². The van der Waals surface area contributed by atoms with E-state index in [0.717, 1.165) is 34.8 Å². The van der Waals surface area contributed by atoms with E-state index >= 15 is 0 Å². The van der Waals surface area contributed by atoms with Crippen LogP contribution in [0.15, 0.2) is 48.5 Å². The van der Waals surface area contributed by atoms with Crippen molar-refractivity contribution in [3.05, 3.63) is 59.7 Å². The molecule has 1 atom stereocenters. The highest BCUT2D eigenvalue weighted by Gasteiger charge is 2.22. The van der Waals surface area contributed by atoms with Crippen molar-refractivity contribution in [1.29, 1.82) is 0 Å². The Balaban J connectivity index is 1.60. The van der Waals surface area contributed by atoms with Crippen LogP contribution in [0, 0.1) is 12.8 Å². The number of para-hydroxylation sites is 1. The lowest BCUT2D eigenvalue weighted by Crippen LogP contribution is -2.40. The topological polar surface area (TPSA) is 69.7 Å². The Morgan fingerprint density at radius 1 is 1.17 bits per heavy atom. The summed E-state index contributed by atoms with van der Waals surface area (Å²) in [5.41, 5.74) is 3.52. The Morgan fingerprint density at radius 2 is 1.87 bits per heavy atom. The fourth-order valence-electron chi connectivity index (χ4n) is 3.86. The Bertz CT molecular complexity index is 973. The monoisotopic (exact) mass is 429 g/mol. The van der Waals surface area contributed by atoms with Crippen molar-refractivity contribution >= 4 is 27.3 Å². The van der Waals surface area contributed by atoms with Gasteiger partial charge in [-0.3, -0.25) is 9.10 Å². The molecule has 3 rings (SSSR count). The second-order valence-electron chi connectivity index (χ2n) is 8.19. The molecule has 162 valence electrons. The average Bonchev–Trinajstić information content (AvgIpc) is 2.71. The molecule has 2 aromatic carbocycles. The van der Waals surface area contributed by atoms with Crippen molar-refractivity contribution < 1.29 is 13.2 Å². The molecule has 1 amide bonds. The molecule has 1 saturated heterocycles. The van der Waals surface area contributed by atoms with Crippen LogP contribution in [0.5, 0.6) is 0 Å². The van der Waals surface area contributed by atoms with E-state index in [1.165, 1.54) is 18.5 Å². The van der Waals surface area contributed by atoms with Gasteiger partial charge in [0, 0.05) is 25.3 Å². The number of carbonyl (C=O) groups is 1. The number of hydrogen-bond donors (Lipinski definition) is 1. The maximum atomic E-state index is 12.5. The van der Waals surface area contributed by atoms with Gasteiger partial charge in [-0.15, -0.1) is 0 Å². The minimum absolute atomic E-state index is 0.243. The van der Waals surface area contributed by atoms with Gasteiger partial charge in [-0.2, -0.15) is 0 Å². The van der Waals surface area contributed by atoms with Crippen LogP contribution in [0.1, 0.15) is 30.9 Å². The summed E-state index contributed by atoms with van der Waals surface area (Å²) in [4.78, 5) is 14.9. The number of piperidine rings is 1. The molecule has 7 heteroatoms. The molecule has 30 heavy (non-hydrogen) atoms. The zero-order valence-corrected chi connectivity index (χ0v) is 18.8. The summed E-state index contributed by atoms with van der Waals surface area (Å²) in [5.74, 6) is 0.376. The average molecular weight is 430 g/mol. The summed E-state index contributed by atoms with van der Waals surface area (Å²) >= 11 is 0. The maximum Gasteiger partial charge on any atom is 0.241 e. The highest BCUT2D eigenvalue weighted by atomic mass is 32.2. The lowest BCUT2D eigenvalue weighted by Gasteiger charge is -2.32. The third kappa shape index (κ3) is 5.75. The molecule has 1 aliphatic rings. The third-order valence-electron chi connectivity index (χ3n) is 5.52. The van der Waals surface area contributed by atoms with E-state index in [4.69, 9.17) is 0 Å². The number of anilines is 2. The molecule has 0 aromatic heterocycles. The zero-order valence-electron chi connectivity index (χ0n) is 18.0. The van der Waals surface area contributed by atoms with Gasteiger partial charge >= 0.3 is 0 Å². The number of hydrogen-bond acceptors (Lipinski definition) is 4. The molecule has 0 aliphatic carbocycles. The van der Waals surface area contributed by atoms with Crippen molar-refractivity contribution in [2.24, 2.45) is 5.92 Å². The lowest BCUT2D eigenvalue weighted by molar-refractivity contribution is -0.119. The number of nitrogens with one attached hydrogen (secondary N) is 1. The number of sulfonamides is 1. The van der Waals surface area contributed by atoms with E-state index in [1.807, 2.05) is 31.2 Å². The van der Waals surface area contributed by atoms with Gasteiger partial charge in [-0.1, -0.05) is 37.3 Å². The molecule has 6 nitrogen and oxygen atoms in total. The van der Waals surface area contributed by atoms with Crippen LogP contribution in [-0.2, 0) is 21.4 Å².